The smallest absolute Gasteiger partial charge is 0.323 e. The van der Waals surface area contributed by atoms with E-state index in [0.29, 0.717) is 6.42 Å². The first-order chi connectivity index (χ1) is 8.53. The lowest BCUT2D eigenvalue weighted by Crippen LogP contribution is -2.47. The molecule has 1 aromatic heterocycles. The Hall–Kier alpha value is -1.36. The van der Waals surface area contributed by atoms with Crippen molar-refractivity contribution in [2.75, 3.05) is 7.05 Å². The molecule has 2 N–H and O–H groups in total. The summed E-state index contributed by atoms with van der Waals surface area (Å²) in [5, 5.41) is 12.0. The minimum Gasteiger partial charge on any atom is -0.480 e. The van der Waals surface area contributed by atoms with Gasteiger partial charge in [0.15, 0.2) is 0 Å². The van der Waals surface area contributed by atoms with Crippen LogP contribution in [0.25, 0.3) is 0 Å². The molecule has 102 valence electrons. The van der Waals surface area contributed by atoms with Gasteiger partial charge in [-0.1, -0.05) is 6.92 Å². The molecule has 0 radical (unpaired) electrons. The first kappa shape index (κ1) is 14.7. The van der Waals surface area contributed by atoms with E-state index in [1.165, 1.54) is 0 Å². The van der Waals surface area contributed by atoms with Crippen molar-refractivity contribution in [3.63, 3.8) is 0 Å². The molecule has 0 aliphatic rings. The van der Waals surface area contributed by atoms with Crippen LogP contribution in [-0.4, -0.2) is 33.2 Å². The van der Waals surface area contributed by atoms with Crippen LogP contribution in [0.3, 0.4) is 0 Å². The van der Waals surface area contributed by atoms with Crippen molar-refractivity contribution in [3.05, 3.63) is 18.2 Å². The second-order valence-electron chi connectivity index (χ2n) is 4.78. The Bertz CT molecular complexity index is 389. The van der Waals surface area contributed by atoms with Crippen molar-refractivity contribution in [3.8, 4) is 0 Å². The normalized spacial score (nSPS) is 14.4. The van der Waals surface area contributed by atoms with Gasteiger partial charge in [0.1, 0.15) is 11.4 Å². The number of aromatic nitrogens is 2. The first-order valence-corrected chi connectivity index (χ1v) is 6.46. The van der Waals surface area contributed by atoms with Crippen molar-refractivity contribution < 1.29 is 9.90 Å². The van der Waals surface area contributed by atoms with Gasteiger partial charge in [0.05, 0.1) is 0 Å². The lowest BCUT2D eigenvalue weighted by molar-refractivity contribution is -0.144. The van der Waals surface area contributed by atoms with Crippen LogP contribution < -0.4 is 5.32 Å². The third kappa shape index (κ3) is 3.57. The van der Waals surface area contributed by atoms with Crippen LogP contribution in [0.4, 0.5) is 0 Å². The zero-order valence-electron chi connectivity index (χ0n) is 11.4. The van der Waals surface area contributed by atoms with Crippen LogP contribution in [-0.2, 0) is 17.8 Å². The molecule has 0 amide bonds. The highest BCUT2D eigenvalue weighted by atomic mass is 16.4. The van der Waals surface area contributed by atoms with Crippen LogP contribution in [0, 0.1) is 0 Å². The predicted molar refractivity (Wildman–Crippen MR) is 70.6 cm³/mol. The van der Waals surface area contributed by atoms with E-state index in [2.05, 4.69) is 21.8 Å². The zero-order valence-corrected chi connectivity index (χ0v) is 11.4. The van der Waals surface area contributed by atoms with Crippen LogP contribution in [0.2, 0.25) is 0 Å². The van der Waals surface area contributed by atoms with Gasteiger partial charge in [-0.2, -0.15) is 0 Å². The number of nitrogens with one attached hydrogen (secondary N) is 1. The van der Waals surface area contributed by atoms with Gasteiger partial charge in [-0.25, -0.2) is 4.98 Å². The van der Waals surface area contributed by atoms with Crippen molar-refractivity contribution >= 4 is 5.97 Å². The van der Waals surface area contributed by atoms with Gasteiger partial charge >= 0.3 is 5.97 Å². The molecule has 0 saturated heterocycles. The van der Waals surface area contributed by atoms with Crippen molar-refractivity contribution in [1.29, 1.82) is 0 Å². The maximum Gasteiger partial charge on any atom is 0.323 e. The molecule has 1 atom stereocenters. The average Bonchev–Trinajstić information content (AvgIpc) is 2.77. The summed E-state index contributed by atoms with van der Waals surface area (Å²) in [7, 11) is 1.69. The largest absolute Gasteiger partial charge is 0.480 e. The fourth-order valence-electron chi connectivity index (χ4n) is 1.94. The molecule has 0 aliphatic carbocycles. The minimum absolute atomic E-state index is 0.600. The highest BCUT2D eigenvalue weighted by Gasteiger charge is 2.30. The molecule has 0 aliphatic heterocycles. The van der Waals surface area contributed by atoms with E-state index in [1.54, 1.807) is 20.2 Å². The number of carbonyl (C=O) groups is 1. The van der Waals surface area contributed by atoms with Gasteiger partial charge in [0.25, 0.3) is 0 Å². The summed E-state index contributed by atoms with van der Waals surface area (Å²) >= 11 is 0. The summed E-state index contributed by atoms with van der Waals surface area (Å²) < 4.78 is 2.11. The Morgan fingerprint density at radius 3 is 2.89 bits per heavy atom. The Morgan fingerprint density at radius 1 is 1.61 bits per heavy atom. The van der Waals surface area contributed by atoms with E-state index in [4.69, 9.17) is 5.11 Å². The molecule has 1 heterocycles. The molecule has 1 aromatic rings. The highest BCUT2D eigenvalue weighted by molar-refractivity contribution is 5.78. The number of hydrogen-bond donors (Lipinski definition) is 2. The number of likely N-dealkylation sites (N-methyl/N-ethyl adjacent to an activating group) is 1. The molecule has 0 saturated carbocycles. The Balaban J connectivity index is 2.50. The van der Waals surface area contributed by atoms with E-state index in [9.17, 15) is 4.79 Å². The molecular formula is C13H23N3O2. The summed E-state index contributed by atoms with van der Waals surface area (Å²) in [5.74, 6) is 0.281. The van der Waals surface area contributed by atoms with E-state index in [-0.39, 0.29) is 0 Å². The summed E-state index contributed by atoms with van der Waals surface area (Å²) in [6.45, 7) is 4.66. The molecule has 5 heteroatoms. The summed E-state index contributed by atoms with van der Waals surface area (Å²) in [5.41, 5.74) is -0.842. The van der Waals surface area contributed by atoms with Gasteiger partial charge in [0.2, 0.25) is 0 Å². The van der Waals surface area contributed by atoms with Crippen LogP contribution in [0.5, 0.6) is 0 Å². The SMILES string of the molecule is CCCc1nccn1CCCC(C)(NC)C(=O)O. The fraction of sp³-hybridized carbons (Fsp3) is 0.692. The number of hydrogen-bond acceptors (Lipinski definition) is 3. The molecule has 1 unspecified atom stereocenters. The van der Waals surface area contributed by atoms with Crippen molar-refractivity contribution in [2.45, 2.75) is 51.6 Å². The second kappa shape index (κ2) is 6.54. The summed E-state index contributed by atoms with van der Waals surface area (Å²) in [4.78, 5) is 15.4. The van der Waals surface area contributed by atoms with E-state index < -0.39 is 11.5 Å². The second-order valence-corrected chi connectivity index (χ2v) is 4.78. The Labute approximate surface area is 108 Å². The molecule has 0 bridgehead atoms. The number of carboxylic acid groups (broad SMARTS) is 1. The highest BCUT2D eigenvalue weighted by Crippen LogP contribution is 2.14. The van der Waals surface area contributed by atoms with Gasteiger partial charge in [-0.15, -0.1) is 0 Å². The zero-order chi connectivity index (χ0) is 13.6. The average molecular weight is 253 g/mol. The van der Waals surface area contributed by atoms with Crippen LogP contribution in [0.15, 0.2) is 12.4 Å². The third-order valence-electron chi connectivity index (χ3n) is 3.37. The topological polar surface area (TPSA) is 67.2 Å². The monoisotopic (exact) mass is 253 g/mol. The molecule has 5 nitrogen and oxygen atoms in total. The summed E-state index contributed by atoms with van der Waals surface area (Å²) in [6, 6.07) is 0. The predicted octanol–water partition coefficient (Wildman–Crippen LogP) is 1.68. The lowest BCUT2D eigenvalue weighted by atomic mass is 9.96. The quantitative estimate of drug-likeness (QED) is 0.739. The number of aliphatic carboxylic acids is 1. The number of imidazole rings is 1. The number of rotatable bonds is 8. The Kier molecular flexibility index (Phi) is 5.34. The lowest BCUT2D eigenvalue weighted by Gasteiger charge is -2.24. The Morgan fingerprint density at radius 2 is 2.33 bits per heavy atom. The van der Waals surface area contributed by atoms with E-state index in [1.807, 2.05) is 6.20 Å². The standard InChI is InChI=1S/C13H23N3O2/c1-4-6-11-15-8-10-16(11)9-5-7-13(2,14-3)12(17)18/h8,10,14H,4-7,9H2,1-3H3,(H,17,18). The van der Waals surface area contributed by atoms with Crippen LogP contribution in [0.1, 0.15) is 38.9 Å². The maximum absolute atomic E-state index is 11.1. The molecule has 0 spiro atoms. The van der Waals surface area contributed by atoms with Gasteiger partial charge in [-0.3, -0.25) is 4.79 Å². The van der Waals surface area contributed by atoms with Crippen molar-refractivity contribution in [2.24, 2.45) is 0 Å². The van der Waals surface area contributed by atoms with E-state index in [0.717, 1.165) is 31.6 Å². The molecule has 18 heavy (non-hydrogen) atoms. The third-order valence-corrected chi connectivity index (χ3v) is 3.37. The fourth-order valence-corrected chi connectivity index (χ4v) is 1.94. The first-order valence-electron chi connectivity index (χ1n) is 6.46. The van der Waals surface area contributed by atoms with Gasteiger partial charge < -0.3 is 15.0 Å². The molecule has 1 rings (SSSR count). The number of nitrogens with zero attached hydrogens (tertiary/aromatic N) is 2. The molecular weight excluding hydrogens is 230 g/mol. The van der Waals surface area contributed by atoms with Gasteiger partial charge in [-0.05, 0) is 33.2 Å². The number of carboxylic acids is 1. The van der Waals surface area contributed by atoms with Crippen LogP contribution >= 0.6 is 0 Å². The summed E-state index contributed by atoms with van der Waals surface area (Å²) in [6.07, 6.45) is 7.22. The maximum atomic E-state index is 11.1. The van der Waals surface area contributed by atoms with Gasteiger partial charge in [0, 0.05) is 25.4 Å². The number of aryl methyl sites for hydroxylation is 2. The van der Waals surface area contributed by atoms with Crippen molar-refractivity contribution in [1.82, 2.24) is 14.9 Å². The minimum atomic E-state index is -0.842. The molecule has 0 fully saturated rings. The molecule has 0 aromatic carbocycles. The van der Waals surface area contributed by atoms with E-state index >= 15 is 0 Å².